The molecular formula is C9H9NO5. The lowest BCUT2D eigenvalue weighted by atomic mass is 10.2. The minimum absolute atomic E-state index is 0.0696. The normalized spacial score (nSPS) is 9.47. The van der Waals surface area contributed by atoms with Crippen LogP contribution in [0.3, 0.4) is 0 Å². The largest absolute Gasteiger partial charge is 0.618 e. The van der Waals surface area contributed by atoms with E-state index in [1.54, 1.807) is 0 Å². The number of ether oxygens (including phenoxy) is 2. The number of carbonyl (C=O) groups is 2. The van der Waals surface area contributed by atoms with Gasteiger partial charge in [0.25, 0.3) is 0 Å². The van der Waals surface area contributed by atoms with Gasteiger partial charge in [0, 0.05) is 6.07 Å². The first kappa shape index (κ1) is 11.0. The zero-order valence-electron chi connectivity index (χ0n) is 8.22. The number of pyridine rings is 1. The summed E-state index contributed by atoms with van der Waals surface area (Å²) in [6.45, 7) is 0. The summed E-state index contributed by atoms with van der Waals surface area (Å²) in [6.07, 6.45) is 0.956. The third-order valence-electron chi connectivity index (χ3n) is 1.73. The Morgan fingerprint density at radius 1 is 1.20 bits per heavy atom. The Labute approximate surface area is 85.6 Å². The molecule has 0 aliphatic rings. The molecule has 15 heavy (non-hydrogen) atoms. The lowest BCUT2D eigenvalue weighted by Crippen LogP contribution is -2.35. The molecule has 0 spiro atoms. The van der Waals surface area contributed by atoms with Gasteiger partial charge in [-0.25, -0.2) is 9.59 Å². The smallest absolute Gasteiger partial charge is 0.404 e. The summed E-state index contributed by atoms with van der Waals surface area (Å²) in [4.78, 5) is 22.1. The maximum Gasteiger partial charge on any atom is 0.404 e. The van der Waals surface area contributed by atoms with Crippen LogP contribution in [0.25, 0.3) is 0 Å². The van der Waals surface area contributed by atoms with Gasteiger partial charge >= 0.3 is 17.6 Å². The number of hydrogen-bond donors (Lipinski definition) is 0. The maximum absolute atomic E-state index is 11.3. The second-order valence-electron chi connectivity index (χ2n) is 2.61. The van der Waals surface area contributed by atoms with E-state index in [0.29, 0.717) is 0 Å². The van der Waals surface area contributed by atoms with Crippen molar-refractivity contribution >= 4 is 11.9 Å². The van der Waals surface area contributed by atoms with Gasteiger partial charge in [-0.05, 0) is 6.07 Å². The monoisotopic (exact) mass is 211 g/mol. The highest BCUT2D eigenvalue weighted by molar-refractivity contribution is 5.90. The quantitative estimate of drug-likeness (QED) is 0.387. The van der Waals surface area contributed by atoms with Crippen LogP contribution in [0, 0.1) is 5.21 Å². The Kier molecular flexibility index (Phi) is 3.22. The first-order valence-corrected chi connectivity index (χ1v) is 4.00. The van der Waals surface area contributed by atoms with Crippen molar-refractivity contribution < 1.29 is 23.8 Å². The van der Waals surface area contributed by atoms with Gasteiger partial charge in [-0.2, -0.15) is 4.73 Å². The Balaban J connectivity index is 3.08. The molecule has 0 bridgehead atoms. The summed E-state index contributed by atoms with van der Waals surface area (Å²) >= 11 is 0. The Morgan fingerprint density at radius 2 is 1.80 bits per heavy atom. The summed E-state index contributed by atoms with van der Waals surface area (Å²) < 4.78 is 9.04. The standard InChI is InChI=1S/C9H9NO5/c1-14-8(11)6-3-4-7(9(12)15-2)10(13)5-6/h3-5H,1-2H3. The molecule has 0 atom stereocenters. The van der Waals surface area contributed by atoms with Gasteiger partial charge < -0.3 is 14.7 Å². The number of nitrogens with zero attached hydrogens (tertiary/aromatic N) is 1. The molecule has 0 saturated carbocycles. The van der Waals surface area contributed by atoms with Crippen molar-refractivity contribution in [2.75, 3.05) is 14.2 Å². The third kappa shape index (κ3) is 2.22. The number of carbonyl (C=O) groups excluding carboxylic acids is 2. The van der Waals surface area contributed by atoms with Crippen molar-refractivity contribution in [1.82, 2.24) is 0 Å². The topological polar surface area (TPSA) is 79.5 Å². The molecule has 6 nitrogen and oxygen atoms in total. The van der Waals surface area contributed by atoms with Gasteiger partial charge in [0.15, 0.2) is 6.20 Å². The van der Waals surface area contributed by atoms with Crippen LogP contribution in [-0.2, 0) is 9.47 Å². The summed E-state index contributed by atoms with van der Waals surface area (Å²) in [7, 11) is 2.36. The number of hydrogen-bond acceptors (Lipinski definition) is 5. The van der Waals surface area contributed by atoms with E-state index in [4.69, 9.17) is 0 Å². The van der Waals surface area contributed by atoms with Crippen LogP contribution in [0.4, 0.5) is 0 Å². The third-order valence-corrected chi connectivity index (χ3v) is 1.73. The van der Waals surface area contributed by atoms with Crippen molar-refractivity contribution in [1.29, 1.82) is 0 Å². The Bertz CT molecular complexity index is 401. The van der Waals surface area contributed by atoms with Gasteiger partial charge in [0.2, 0.25) is 0 Å². The molecule has 0 saturated heterocycles. The van der Waals surface area contributed by atoms with Crippen LogP contribution in [-0.4, -0.2) is 26.2 Å². The summed E-state index contributed by atoms with van der Waals surface area (Å²) in [5.41, 5.74) is -0.120. The second-order valence-corrected chi connectivity index (χ2v) is 2.61. The molecule has 0 amide bonds. The molecule has 0 N–H and O–H groups in total. The lowest BCUT2D eigenvalue weighted by molar-refractivity contribution is -0.608. The number of methoxy groups -OCH3 is 2. The van der Waals surface area contributed by atoms with Crippen LogP contribution in [0.2, 0.25) is 0 Å². The van der Waals surface area contributed by atoms with E-state index in [1.807, 2.05) is 0 Å². The summed E-state index contributed by atoms with van der Waals surface area (Å²) in [5.74, 6) is -1.41. The van der Waals surface area contributed by atoms with Gasteiger partial charge in [-0.1, -0.05) is 0 Å². The Morgan fingerprint density at radius 3 is 2.27 bits per heavy atom. The van der Waals surface area contributed by atoms with Crippen molar-refractivity contribution in [3.05, 3.63) is 34.8 Å². The van der Waals surface area contributed by atoms with Crippen molar-refractivity contribution in [2.24, 2.45) is 0 Å². The molecular weight excluding hydrogens is 202 g/mol. The zero-order chi connectivity index (χ0) is 11.4. The molecule has 1 aromatic rings. The van der Waals surface area contributed by atoms with Crippen molar-refractivity contribution in [2.45, 2.75) is 0 Å². The molecule has 0 radical (unpaired) electrons. The van der Waals surface area contributed by atoms with Gasteiger partial charge in [0.1, 0.15) is 5.56 Å². The van der Waals surface area contributed by atoms with E-state index in [1.165, 1.54) is 19.2 Å². The average molecular weight is 211 g/mol. The van der Waals surface area contributed by atoms with Gasteiger partial charge in [0.05, 0.1) is 14.2 Å². The fourth-order valence-electron chi connectivity index (χ4n) is 0.982. The molecule has 0 aliphatic heterocycles. The van der Waals surface area contributed by atoms with Crippen LogP contribution >= 0.6 is 0 Å². The van der Waals surface area contributed by atoms with E-state index >= 15 is 0 Å². The highest BCUT2D eigenvalue weighted by atomic mass is 16.5. The fourth-order valence-corrected chi connectivity index (χ4v) is 0.982. The van der Waals surface area contributed by atoms with E-state index < -0.39 is 11.9 Å². The highest BCUT2D eigenvalue weighted by Crippen LogP contribution is 2.01. The van der Waals surface area contributed by atoms with Crippen LogP contribution in [0.5, 0.6) is 0 Å². The molecule has 6 heteroatoms. The second kappa shape index (κ2) is 4.41. The molecule has 1 aromatic heterocycles. The number of rotatable bonds is 2. The lowest BCUT2D eigenvalue weighted by Gasteiger charge is -2.03. The van der Waals surface area contributed by atoms with E-state index in [9.17, 15) is 14.8 Å². The average Bonchev–Trinajstić information content (AvgIpc) is 2.26. The molecule has 0 aliphatic carbocycles. The predicted octanol–water partition coefficient (Wildman–Crippen LogP) is -0.107. The fraction of sp³-hybridized carbons (Fsp3) is 0.222. The first-order valence-electron chi connectivity index (χ1n) is 4.00. The van der Waals surface area contributed by atoms with Crippen LogP contribution < -0.4 is 4.73 Å². The number of esters is 2. The van der Waals surface area contributed by atoms with Crippen molar-refractivity contribution in [3.8, 4) is 0 Å². The summed E-state index contributed by atoms with van der Waals surface area (Å²) in [6, 6.07) is 2.51. The molecule has 0 aromatic carbocycles. The first-order chi connectivity index (χ1) is 7.10. The van der Waals surface area contributed by atoms with E-state index in [-0.39, 0.29) is 16.0 Å². The van der Waals surface area contributed by atoms with Gasteiger partial charge in [-0.15, -0.1) is 0 Å². The molecule has 1 heterocycles. The van der Waals surface area contributed by atoms with Crippen LogP contribution in [0.1, 0.15) is 20.8 Å². The Hall–Kier alpha value is -2.11. The minimum atomic E-state index is -0.763. The number of aromatic nitrogens is 1. The maximum atomic E-state index is 11.3. The minimum Gasteiger partial charge on any atom is -0.618 e. The molecule has 80 valence electrons. The van der Waals surface area contributed by atoms with Crippen LogP contribution in [0.15, 0.2) is 18.3 Å². The molecule has 1 rings (SSSR count). The SMILES string of the molecule is COC(=O)c1ccc(C(=O)OC)[n+]([O-])c1. The zero-order valence-corrected chi connectivity index (χ0v) is 8.22. The van der Waals surface area contributed by atoms with E-state index in [2.05, 4.69) is 9.47 Å². The van der Waals surface area contributed by atoms with E-state index in [0.717, 1.165) is 13.3 Å². The highest BCUT2D eigenvalue weighted by Gasteiger charge is 2.19. The van der Waals surface area contributed by atoms with Crippen molar-refractivity contribution in [3.63, 3.8) is 0 Å². The summed E-state index contributed by atoms with van der Waals surface area (Å²) in [5, 5.41) is 11.3. The predicted molar refractivity (Wildman–Crippen MR) is 48.1 cm³/mol. The molecule has 0 unspecified atom stereocenters. The van der Waals surface area contributed by atoms with Gasteiger partial charge in [-0.3, -0.25) is 0 Å². The molecule has 0 fully saturated rings.